The first kappa shape index (κ1) is 20.1. The molecular weight excluding hydrogens is 392 g/mol. The molecule has 0 aliphatic carbocycles. The zero-order valence-corrected chi connectivity index (χ0v) is 17.9. The molecule has 0 aliphatic heterocycles. The number of aromatic nitrogens is 1. The topological polar surface area (TPSA) is 51.2 Å². The van der Waals surface area contributed by atoms with Crippen LogP contribution >= 0.6 is 11.3 Å². The van der Waals surface area contributed by atoms with Gasteiger partial charge in [0, 0.05) is 17.7 Å². The molecule has 0 radical (unpaired) electrons. The Morgan fingerprint density at radius 1 is 1.03 bits per heavy atom. The van der Waals surface area contributed by atoms with Gasteiger partial charge in [-0.25, -0.2) is 4.98 Å². The number of carbonyl (C=O) groups is 1. The van der Waals surface area contributed by atoms with Crippen LogP contribution < -0.4 is 10.1 Å². The van der Waals surface area contributed by atoms with E-state index in [4.69, 9.17) is 4.74 Å². The highest BCUT2D eigenvalue weighted by Crippen LogP contribution is 2.24. The van der Waals surface area contributed by atoms with Crippen LogP contribution in [0.2, 0.25) is 0 Å². The smallest absolute Gasteiger partial charge is 0.255 e. The summed E-state index contributed by atoms with van der Waals surface area (Å²) >= 11 is 1.72. The zero-order valence-electron chi connectivity index (χ0n) is 17.1. The molecule has 1 aromatic heterocycles. The van der Waals surface area contributed by atoms with E-state index in [-0.39, 0.29) is 12.0 Å². The van der Waals surface area contributed by atoms with Gasteiger partial charge in [-0.3, -0.25) is 4.79 Å². The van der Waals surface area contributed by atoms with E-state index in [0.29, 0.717) is 5.56 Å². The molecule has 4 rings (SSSR count). The third-order valence-corrected chi connectivity index (χ3v) is 5.97. The third-order valence-electron chi connectivity index (χ3n) is 4.93. The monoisotopic (exact) mass is 416 g/mol. The fourth-order valence-electron chi connectivity index (χ4n) is 3.08. The average Bonchev–Trinajstić information content (AvgIpc) is 3.18. The van der Waals surface area contributed by atoms with Gasteiger partial charge < -0.3 is 10.1 Å². The van der Waals surface area contributed by atoms with E-state index in [9.17, 15) is 4.79 Å². The highest BCUT2D eigenvalue weighted by atomic mass is 32.1. The normalized spacial score (nSPS) is 11.9. The van der Waals surface area contributed by atoms with Gasteiger partial charge in [0.15, 0.2) is 0 Å². The molecule has 30 heavy (non-hydrogen) atoms. The number of nitrogens with one attached hydrogen (secondary N) is 1. The van der Waals surface area contributed by atoms with Gasteiger partial charge in [0.05, 0.1) is 21.3 Å². The van der Waals surface area contributed by atoms with Crippen LogP contribution in [0.25, 0.3) is 10.2 Å². The number of amides is 1. The largest absolute Gasteiger partial charge is 0.491 e. The van der Waals surface area contributed by atoms with Crippen molar-refractivity contribution < 1.29 is 9.53 Å². The van der Waals surface area contributed by atoms with Gasteiger partial charge >= 0.3 is 0 Å². The number of benzene rings is 3. The molecule has 1 amide bonds. The molecule has 3 aromatic carbocycles. The molecule has 152 valence electrons. The van der Waals surface area contributed by atoms with Crippen molar-refractivity contribution in [2.45, 2.75) is 32.8 Å². The minimum Gasteiger partial charge on any atom is -0.491 e. The molecule has 1 heterocycles. The Balaban J connectivity index is 1.37. The van der Waals surface area contributed by atoms with Crippen LogP contribution in [0.4, 0.5) is 5.69 Å². The first-order valence-corrected chi connectivity index (χ1v) is 10.9. The number of thiazole rings is 1. The van der Waals surface area contributed by atoms with Crippen molar-refractivity contribution in [1.82, 2.24) is 4.98 Å². The Morgan fingerprint density at radius 2 is 1.77 bits per heavy atom. The SMILES string of the molecule is CCC(C)Oc1ccc(C(=O)Nc2ccc(Cc3nc4ccccc4s3)cc2)cc1. The number of nitrogens with zero attached hydrogens (tertiary/aromatic N) is 1. The Hall–Kier alpha value is -3.18. The maximum Gasteiger partial charge on any atom is 0.255 e. The molecule has 4 aromatic rings. The van der Waals surface area contributed by atoms with Crippen molar-refractivity contribution in [3.05, 3.63) is 88.9 Å². The Kier molecular flexibility index (Phi) is 6.10. The van der Waals surface area contributed by atoms with Crippen molar-refractivity contribution in [3.63, 3.8) is 0 Å². The Bertz CT molecular complexity index is 1100. The first-order chi connectivity index (χ1) is 14.6. The third kappa shape index (κ3) is 4.86. The fraction of sp³-hybridized carbons (Fsp3) is 0.200. The fourth-order valence-corrected chi connectivity index (χ4v) is 4.08. The highest BCUT2D eigenvalue weighted by molar-refractivity contribution is 7.18. The van der Waals surface area contributed by atoms with Gasteiger partial charge in [0.2, 0.25) is 0 Å². The minimum absolute atomic E-state index is 0.135. The molecule has 0 aliphatic rings. The summed E-state index contributed by atoms with van der Waals surface area (Å²) in [5.74, 6) is 0.643. The molecule has 0 bridgehead atoms. The zero-order chi connectivity index (χ0) is 20.9. The van der Waals surface area contributed by atoms with Crippen LogP contribution in [0.15, 0.2) is 72.8 Å². The number of fused-ring (bicyclic) bond motifs is 1. The lowest BCUT2D eigenvalue weighted by Crippen LogP contribution is -2.12. The summed E-state index contributed by atoms with van der Waals surface area (Å²) in [6.07, 6.45) is 1.88. The Labute approximate surface area is 180 Å². The number of para-hydroxylation sites is 1. The highest BCUT2D eigenvalue weighted by Gasteiger charge is 2.09. The second-order valence-corrected chi connectivity index (χ2v) is 8.38. The second-order valence-electron chi connectivity index (χ2n) is 7.26. The first-order valence-electron chi connectivity index (χ1n) is 10.1. The van der Waals surface area contributed by atoms with E-state index in [1.54, 1.807) is 23.5 Å². The minimum atomic E-state index is -0.135. The molecule has 0 saturated heterocycles. The number of hydrogen-bond acceptors (Lipinski definition) is 4. The second kappa shape index (κ2) is 9.09. The maximum absolute atomic E-state index is 12.5. The molecule has 4 nitrogen and oxygen atoms in total. The summed E-state index contributed by atoms with van der Waals surface area (Å²) in [6, 6.07) is 23.4. The lowest BCUT2D eigenvalue weighted by molar-refractivity contribution is 0.102. The van der Waals surface area contributed by atoms with Gasteiger partial charge in [-0.15, -0.1) is 11.3 Å². The van der Waals surface area contributed by atoms with E-state index >= 15 is 0 Å². The van der Waals surface area contributed by atoms with Crippen molar-refractivity contribution in [2.24, 2.45) is 0 Å². The lowest BCUT2D eigenvalue weighted by Gasteiger charge is -2.12. The summed E-state index contributed by atoms with van der Waals surface area (Å²) in [5, 5.41) is 4.04. The van der Waals surface area contributed by atoms with Gasteiger partial charge in [-0.2, -0.15) is 0 Å². The lowest BCUT2D eigenvalue weighted by atomic mass is 10.1. The summed E-state index contributed by atoms with van der Waals surface area (Å²) in [7, 11) is 0. The van der Waals surface area contributed by atoms with Crippen LogP contribution in [0.3, 0.4) is 0 Å². The molecule has 5 heteroatoms. The molecule has 0 spiro atoms. The molecule has 1 atom stereocenters. The van der Waals surface area contributed by atoms with E-state index < -0.39 is 0 Å². The van der Waals surface area contributed by atoms with E-state index in [2.05, 4.69) is 23.3 Å². The van der Waals surface area contributed by atoms with Crippen LogP contribution in [-0.2, 0) is 6.42 Å². The van der Waals surface area contributed by atoms with Crippen LogP contribution in [0.5, 0.6) is 5.75 Å². The van der Waals surface area contributed by atoms with Crippen molar-refractivity contribution in [1.29, 1.82) is 0 Å². The molecule has 0 fully saturated rings. The number of hydrogen-bond donors (Lipinski definition) is 1. The van der Waals surface area contributed by atoms with Gasteiger partial charge in [-0.05, 0) is 67.4 Å². The number of ether oxygens (including phenoxy) is 1. The molecule has 1 unspecified atom stereocenters. The average molecular weight is 417 g/mol. The van der Waals surface area contributed by atoms with Crippen LogP contribution in [0, 0.1) is 0 Å². The van der Waals surface area contributed by atoms with Gasteiger partial charge in [0.25, 0.3) is 5.91 Å². The number of carbonyl (C=O) groups excluding carboxylic acids is 1. The van der Waals surface area contributed by atoms with Gasteiger partial charge in [-0.1, -0.05) is 31.2 Å². The molecule has 0 saturated carbocycles. The summed E-state index contributed by atoms with van der Waals surface area (Å²) in [6.45, 7) is 4.11. The van der Waals surface area contributed by atoms with Crippen molar-refractivity contribution >= 4 is 33.1 Å². The van der Waals surface area contributed by atoms with Crippen molar-refractivity contribution in [2.75, 3.05) is 5.32 Å². The molecular formula is C25H24N2O2S. The quantitative estimate of drug-likeness (QED) is 0.384. The maximum atomic E-state index is 12.5. The predicted octanol–water partition coefficient (Wildman–Crippen LogP) is 6.32. The summed E-state index contributed by atoms with van der Waals surface area (Å²) in [4.78, 5) is 17.2. The number of anilines is 1. The number of rotatable bonds is 7. The van der Waals surface area contributed by atoms with E-state index in [1.807, 2.05) is 61.5 Å². The van der Waals surface area contributed by atoms with Gasteiger partial charge in [0.1, 0.15) is 5.75 Å². The summed E-state index contributed by atoms with van der Waals surface area (Å²) in [5.41, 5.74) is 3.58. The standard InChI is InChI=1S/C25H24N2O2S/c1-3-17(2)29-21-14-10-19(11-15-21)25(28)26-20-12-8-18(9-13-20)16-24-27-22-6-4-5-7-23(22)30-24/h4-15,17H,3,16H2,1-2H3,(H,26,28). The summed E-state index contributed by atoms with van der Waals surface area (Å²) < 4.78 is 6.97. The van der Waals surface area contributed by atoms with Crippen LogP contribution in [-0.4, -0.2) is 17.0 Å². The predicted molar refractivity (Wildman–Crippen MR) is 124 cm³/mol. The Morgan fingerprint density at radius 3 is 2.47 bits per heavy atom. The van der Waals surface area contributed by atoms with E-state index in [1.165, 1.54) is 10.3 Å². The molecule has 1 N–H and O–H groups in total. The van der Waals surface area contributed by atoms with Crippen molar-refractivity contribution in [3.8, 4) is 5.75 Å². The van der Waals surface area contributed by atoms with Crippen LogP contribution in [0.1, 0.15) is 41.2 Å². The van der Waals surface area contributed by atoms with E-state index in [0.717, 1.165) is 34.8 Å².